The van der Waals surface area contributed by atoms with Crippen molar-refractivity contribution in [1.29, 1.82) is 5.26 Å². The van der Waals surface area contributed by atoms with Gasteiger partial charge in [0, 0.05) is 6.08 Å². The molecule has 0 radical (unpaired) electrons. The number of hydrogen-bond acceptors (Lipinski definition) is 2. The maximum Gasteiger partial charge on any atom is 0.256 e. The van der Waals surface area contributed by atoms with Gasteiger partial charge < -0.3 is 0 Å². The lowest BCUT2D eigenvalue weighted by atomic mass is 10.0. The molecule has 0 aliphatic carbocycles. The van der Waals surface area contributed by atoms with Gasteiger partial charge in [0.15, 0.2) is 6.19 Å². The Morgan fingerprint density at radius 3 is 2.50 bits per heavy atom. The lowest BCUT2D eigenvalue weighted by Crippen LogP contribution is -2.13. The third-order valence-electron chi connectivity index (χ3n) is 2.21. The average Bonchev–Trinajstić information content (AvgIpc) is 2.27. The van der Waals surface area contributed by atoms with Gasteiger partial charge in [-0.25, -0.2) is 0 Å². The highest BCUT2D eigenvalue weighted by atomic mass is 16.1. The molecule has 0 heterocycles. The molecule has 0 saturated carbocycles. The summed E-state index contributed by atoms with van der Waals surface area (Å²) in [4.78, 5) is 11.0. The van der Waals surface area contributed by atoms with Gasteiger partial charge in [0.1, 0.15) is 0 Å². The minimum Gasteiger partial charge on any atom is -0.269 e. The van der Waals surface area contributed by atoms with E-state index in [1.165, 1.54) is 11.6 Å². The normalized spacial score (nSPS) is 10.4. The van der Waals surface area contributed by atoms with Crippen LogP contribution >= 0.6 is 0 Å². The quantitative estimate of drug-likeness (QED) is 0.477. The van der Waals surface area contributed by atoms with E-state index in [1.807, 2.05) is 29.6 Å². The van der Waals surface area contributed by atoms with Crippen molar-refractivity contribution in [3.63, 3.8) is 0 Å². The third kappa shape index (κ3) is 3.58. The molecular weight excluding hydrogens is 200 g/mol. The lowest BCUT2D eigenvalue weighted by Gasteiger charge is -2.04. The highest BCUT2D eigenvalue weighted by molar-refractivity contribution is 5.92. The summed E-state index contributed by atoms with van der Waals surface area (Å²) in [6, 6.07) is 7.97. The van der Waals surface area contributed by atoms with Crippen LogP contribution in [0.2, 0.25) is 0 Å². The van der Waals surface area contributed by atoms with Crippen LogP contribution in [0.4, 0.5) is 0 Å². The standard InChI is InChI=1S/C13H14N2O/c1-10(2)12-6-3-11(4-7-12)5-8-13(16)15-9-14/h3-8,10H,1-2H3,(H,15,16). The minimum atomic E-state index is -0.407. The Bertz CT molecular complexity index is 424. The molecule has 1 aromatic carbocycles. The summed E-state index contributed by atoms with van der Waals surface area (Å²) in [5.41, 5.74) is 2.20. The number of hydrogen-bond donors (Lipinski definition) is 1. The zero-order valence-corrected chi connectivity index (χ0v) is 9.40. The van der Waals surface area contributed by atoms with E-state index in [-0.39, 0.29) is 0 Å². The second kappa shape index (κ2) is 5.72. The molecule has 3 nitrogen and oxygen atoms in total. The largest absolute Gasteiger partial charge is 0.269 e. The van der Waals surface area contributed by atoms with Crippen LogP contribution in [0.3, 0.4) is 0 Å². The number of nitrogens with zero attached hydrogens (tertiary/aromatic N) is 1. The SMILES string of the molecule is CC(C)c1ccc(C=CC(=O)NC#N)cc1. The van der Waals surface area contributed by atoms with Crippen molar-refractivity contribution in [2.75, 3.05) is 0 Å². The Morgan fingerprint density at radius 1 is 1.38 bits per heavy atom. The predicted molar refractivity (Wildman–Crippen MR) is 63.3 cm³/mol. The van der Waals surface area contributed by atoms with E-state index in [2.05, 4.69) is 13.8 Å². The maximum atomic E-state index is 11.0. The smallest absolute Gasteiger partial charge is 0.256 e. The monoisotopic (exact) mass is 214 g/mol. The van der Waals surface area contributed by atoms with Gasteiger partial charge in [-0.3, -0.25) is 10.1 Å². The van der Waals surface area contributed by atoms with Crippen LogP contribution in [-0.2, 0) is 4.79 Å². The van der Waals surface area contributed by atoms with Gasteiger partial charge >= 0.3 is 0 Å². The molecule has 0 aromatic heterocycles. The van der Waals surface area contributed by atoms with Gasteiger partial charge in [-0.15, -0.1) is 0 Å². The van der Waals surface area contributed by atoms with Crippen molar-refractivity contribution >= 4 is 12.0 Å². The van der Waals surface area contributed by atoms with E-state index >= 15 is 0 Å². The fourth-order valence-corrected chi connectivity index (χ4v) is 1.26. The van der Waals surface area contributed by atoms with Crippen LogP contribution in [0.5, 0.6) is 0 Å². The van der Waals surface area contributed by atoms with E-state index < -0.39 is 5.91 Å². The molecule has 0 aliphatic heterocycles. The van der Waals surface area contributed by atoms with Crippen molar-refractivity contribution in [3.8, 4) is 6.19 Å². The molecule has 82 valence electrons. The Kier molecular flexibility index (Phi) is 4.28. The number of rotatable bonds is 3. The topological polar surface area (TPSA) is 52.9 Å². The molecule has 0 spiro atoms. The molecular formula is C13H14N2O. The van der Waals surface area contributed by atoms with Crippen LogP contribution in [0.25, 0.3) is 6.08 Å². The van der Waals surface area contributed by atoms with Crippen LogP contribution in [0, 0.1) is 11.5 Å². The third-order valence-corrected chi connectivity index (χ3v) is 2.21. The van der Waals surface area contributed by atoms with Crippen molar-refractivity contribution < 1.29 is 4.79 Å². The summed E-state index contributed by atoms with van der Waals surface area (Å²) in [7, 11) is 0. The maximum absolute atomic E-state index is 11.0. The molecule has 0 saturated heterocycles. The number of nitriles is 1. The summed E-state index contributed by atoms with van der Waals surface area (Å²) in [5, 5.41) is 10.2. The summed E-state index contributed by atoms with van der Waals surface area (Å²) >= 11 is 0. The van der Waals surface area contributed by atoms with Crippen LogP contribution in [-0.4, -0.2) is 5.91 Å². The lowest BCUT2D eigenvalue weighted by molar-refractivity contribution is -0.115. The number of amides is 1. The van der Waals surface area contributed by atoms with E-state index in [0.717, 1.165) is 5.56 Å². The second-order valence-corrected chi connectivity index (χ2v) is 3.76. The molecule has 0 aliphatic rings. The van der Waals surface area contributed by atoms with Crippen molar-refractivity contribution in [3.05, 3.63) is 41.5 Å². The highest BCUT2D eigenvalue weighted by Crippen LogP contribution is 2.15. The van der Waals surface area contributed by atoms with Crippen molar-refractivity contribution in [2.45, 2.75) is 19.8 Å². The molecule has 1 amide bonds. The number of carbonyl (C=O) groups excluding carboxylic acids is 1. The minimum absolute atomic E-state index is 0.407. The molecule has 1 rings (SSSR count). The summed E-state index contributed by atoms with van der Waals surface area (Å²) < 4.78 is 0. The Labute approximate surface area is 95.4 Å². The van der Waals surface area contributed by atoms with Crippen LogP contribution in [0.15, 0.2) is 30.3 Å². The fraction of sp³-hybridized carbons (Fsp3) is 0.231. The van der Waals surface area contributed by atoms with Crippen LogP contribution < -0.4 is 5.32 Å². The molecule has 3 heteroatoms. The van der Waals surface area contributed by atoms with Crippen LogP contribution in [0.1, 0.15) is 30.9 Å². The molecule has 1 aromatic rings. The Hall–Kier alpha value is -2.08. The first-order chi connectivity index (χ1) is 7.63. The van der Waals surface area contributed by atoms with E-state index in [4.69, 9.17) is 5.26 Å². The van der Waals surface area contributed by atoms with Crippen molar-refractivity contribution in [1.82, 2.24) is 5.32 Å². The molecule has 0 atom stereocenters. The molecule has 0 unspecified atom stereocenters. The van der Waals surface area contributed by atoms with Gasteiger partial charge in [-0.2, -0.15) is 5.26 Å². The number of nitrogens with one attached hydrogen (secondary N) is 1. The van der Waals surface area contributed by atoms with Crippen molar-refractivity contribution in [2.24, 2.45) is 0 Å². The zero-order valence-electron chi connectivity index (χ0n) is 9.40. The molecule has 1 N–H and O–H groups in total. The average molecular weight is 214 g/mol. The Balaban J connectivity index is 2.69. The number of carbonyl (C=O) groups is 1. The predicted octanol–water partition coefficient (Wildman–Crippen LogP) is 2.42. The van der Waals surface area contributed by atoms with Gasteiger partial charge in [0.25, 0.3) is 5.91 Å². The van der Waals surface area contributed by atoms with Gasteiger partial charge in [-0.05, 0) is 23.1 Å². The zero-order chi connectivity index (χ0) is 12.0. The summed E-state index contributed by atoms with van der Waals surface area (Å²) in [5.74, 6) is 0.0929. The first-order valence-corrected chi connectivity index (χ1v) is 5.10. The van der Waals surface area contributed by atoms with E-state index in [9.17, 15) is 4.79 Å². The first kappa shape index (κ1) is 12.0. The first-order valence-electron chi connectivity index (χ1n) is 5.10. The van der Waals surface area contributed by atoms with E-state index in [1.54, 1.807) is 12.3 Å². The van der Waals surface area contributed by atoms with Gasteiger partial charge in [0.2, 0.25) is 0 Å². The number of benzene rings is 1. The highest BCUT2D eigenvalue weighted by Gasteiger charge is 1.97. The second-order valence-electron chi connectivity index (χ2n) is 3.76. The fourth-order valence-electron chi connectivity index (χ4n) is 1.26. The summed E-state index contributed by atoms with van der Waals surface area (Å²) in [6.45, 7) is 4.26. The molecule has 0 fully saturated rings. The summed E-state index contributed by atoms with van der Waals surface area (Å²) in [6.07, 6.45) is 4.60. The molecule has 16 heavy (non-hydrogen) atoms. The van der Waals surface area contributed by atoms with Gasteiger partial charge in [0.05, 0.1) is 0 Å². The Morgan fingerprint density at radius 2 is 2.00 bits per heavy atom. The molecule has 0 bridgehead atoms. The van der Waals surface area contributed by atoms with E-state index in [0.29, 0.717) is 5.92 Å². The van der Waals surface area contributed by atoms with Gasteiger partial charge in [-0.1, -0.05) is 38.1 Å².